The number of amides is 1. The molecule has 4 nitrogen and oxygen atoms in total. The van der Waals surface area contributed by atoms with Gasteiger partial charge >= 0.3 is 0 Å². The van der Waals surface area contributed by atoms with Gasteiger partial charge in [-0.3, -0.25) is 4.79 Å². The summed E-state index contributed by atoms with van der Waals surface area (Å²) in [6, 6.07) is 15.7. The van der Waals surface area contributed by atoms with Crippen LogP contribution in [0.5, 0.6) is 0 Å². The smallest absolute Gasteiger partial charge is 0.253 e. The van der Waals surface area contributed by atoms with Crippen LogP contribution >= 0.6 is 11.6 Å². The Hall–Kier alpha value is -2.33. The van der Waals surface area contributed by atoms with Crippen LogP contribution < -0.4 is 0 Å². The van der Waals surface area contributed by atoms with E-state index >= 15 is 0 Å². The van der Waals surface area contributed by atoms with E-state index in [1.165, 1.54) is 5.56 Å². The lowest BCUT2D eigenvalue weighted by atomic mass is 9.89. The molecule has 0 radical (unpaired) electrons. The Balaban J connectivity index is 1.29. The molecule has 1 atom stereocenters. The molecule has 2 heterocycles. The fraction of sp³-hybridized carbons (Fsp3) is 0.391. The van der Waals surface area contributed by atoms with Gasteiger partial charge in [-0.05, 0) is 74.1 Å². The molecule has 0 bridgehead atoms. The summed E-state index contributed by atoms with van der Waals surface area (Å²) in [4.78, 5) is 19.0. The molecule has 5 heteroatoms. The highest BCUT2D eigenvalue weighted by Crippen LogP contribution is 2.24. The Bertz CT molecular complexity index is 853. The summed E-state index contributed by atoms with van der Waals surface area (Å²) < 4.78 is 5.72. The fourth-order valence-corrected chi connectivity index (χ4v) is 3.99. The number of nitrogens with zero attached hydrogens (tertiary/aromatic N) is 2. The minimum atomic E-state index is 0.103. The highest BCUT2D eigenvalue weighted by atomic mass is 35.5. The van der Waals surface area contributed by atoms with Crippen LogP contribution in [0.15, 0.2) is 53.5 Å². The Morgan fingerprint density at radius 1 is 1.11 bits per heavy atom. The third-order valence-corrected chi connectivity index (χ3v) is 5.77. The maximum absolute atomic E-state index is 12.6. The van der Waals surface area contributed by atoms with Gasteiger partial charge in [-0.1, -0.05) is 23.7 Å². The minimum absolute atomic E-state index is 0.103. The van der Waals surface area contributed by atoms with Gasteiger partial charge in [0.1, 0.15) is 6.10 Å². The van der Waals surface area contributed by atoms with Crippen LogP contribution in [0.3, 0.4) is 0 Å². The predicted molar refractivity (Wildman–Crippen MR) is 112 cm³/mol. The lowest BCUT2D eigenvalue weighted by Gasteiger charge is -2.32. The molecule has 2 aromatic rings. The van der Waals surface area contributed by atoms with Gasteiger partial charge in [0.25, 0.3) is 5.91 Å². The molecule has 0 aromatic heterocycles. The molecular formula is C23H25ClN2O2. The van der Waals surface area contributed by atoms with E-state index in [1.807, 2.05) is 11.8 Å². The van der Waals surface area contributed by atoms with Crippen molar-refractivity contribution in [1.29, 1.82) is 0 Å². The van der Waals surface area contributed by atoms with Crippen molar-refractivity contribution in [2.75, 3.05) is 19.6 Å². The van der Waals surface area contributed by atoms with E-state index < -0.39 is 0 Å². The molecule has 2 aromatic carbocycles. The highest BCUT2D eigenvalue weighted by Gasteiger charge is 2.24. The number of ether oxygens (including phenoxy) is 1. The third kappa shape index (κ3) is 4.39. The summed E-state index contributed by atoms with van der Waals surface area (Å²) in [6.45, 7) is 4.40. The minimum Gasteiger partial charge on any atom is -0.472 e. The van der Waals surface area contributed by atoms with Gasteiger partial charge in [0.2, 0.25) is 5.90 Å². The molecule has 0 aliphatic carbocycles. The summed E-state index contributed by atoms with van der Waals surface area (Å²) >= 11 is 5.91. The molecule has 0 saturated carbocycles. The Kier molecular flexibility index (Phi) is 5.67. The lowest BCUT2D eigenvalue weighted by Crippen LogP contribution is -2.38. The summed E-state index contributed by atoms with van der Waals surface area (Å²) in [7, 11) is 0. The number of hydrogen-bond acceptors (Lipinski definition) is 3. The van der Waals surface area contributed by atoms with Gasteiger partial charge in [0.05, 0.1) is 6.54 Å². The molecule has 4 rings (SSSR count). The van der Waals surface area contributed by atoms with Crippen molar-refractivity contribution < 1.29 is 9.53 Å². The first kappa shape index (κ1) is 19.0. The zero-order valence-corrected chi connectivity index (χ0v) is 16.9. The summed E-state index contributed by atoms with van der Waals surface area (Å²) in [5.74, 6) is 1.47. The molecule has 2 aliphatic rings. The molecule has 1 amide bonds. The third-order valence-electron chi connectivity index (χ3n) is 5.52. The monoisotopic (exact) mass is 396 g/mol. The molecule has 28 heavy (non-hydrogen) atoms. The molecule has 1 fully saturated rings. The van der Waals surface area contributed by atoms with Gasteiger partial charge < -0.3 is 9.64 Å². The van der Waals surface area contributed by atoms with Crippen LogP contribution in [-0.2, 0) is 11.2 Å². The number of carbonyl (C=O) groups excluding carboxylic acids is 1. The van der Waals surface area contributed by atoms with Crippen molar-refractivity contribution in [3.8, 4) is 0 Å². The van der Waals surface area contributed by atoms with E-state index in [4.69, 9.17) is 16.3 Å². The van der Waals surface area contributed by atoms with Gasteiger partial charge in [-0.25, -0.2) is 4.99 Å². The zero-order valence-electron chi connectivity index (χ0n) is 16.1. The first-order valence-electron chi connectivity index (χ1n) is 9.94. The Morgan fingerprint density at radius 3 is 2.39 bits per heavy atom. The van der Waals surface area contributed by atoms with Crippen molar-refractivity contribution in [2.45, 2.75) is 32.3 Å². The van der Waals surface area contributed by atoms with E-state index in [2.05, 4.69) is 29.3 Å². The summed E-state index contributed by atoms with van der Waals surface area (Å²) in [5.41, 5.74) is 3.10. The van der Waals surface area contributed by atoms with E-state index in [0.29, 0.717) is 16.5 Å². The lowest BCUT2D eigenvalue weighted by molar-refractivity contribution is 0.0690. The van der Waals surface area contributed by atoms with Crippen LogP contribution in [0.1, 0.15) is 41.3 Å². The number of hydrogen-bond donors (Lipinski definition) is 0. The molecule has 1 saturated heterocycles. The largest absolute Gasteiger partial charge is 0.472 e. The quantitative estimate of drug-likeness (QED) is 0.757. The topological polar surface area (TPSA) is 41.9 Å². The second-order valence-corrected chi connectivity index (χ2v) is 8.15. The Morgan fingerprint density at radius 2 is 1.79 bits per heavy atom. The van der Waals surface area contributed by atoms with Gasteiger partial charge in [-0.2, -0.15) is 0 Å². The highest BCUT2D eigenvalue weighted by molar-refractivity contribution is 6.30. The number of likely N-dealkylation sites (tertiary alicyclic amines) is 1. The van der Waals surface area contributed by atoms with E-state index in [-0.39, 0.29) is 12.0 Å². The number of benzene rings is 2. The van der Waals surface area contributed by atoms with Gasteiger partial charge in [-0.15, -0.1) is 0 Å². The van der Waals surface area contributed by atoms with Crippen LogP contribution in [0.2, 0.25) is 5.02 Å². The number of halogens is 1. The number of aliphatic imine (C=N–C) groups is 1. The molecule has 0 N–H and O–H groups in total. The average molecular weight is 397 g/mol. The number of carbonyl (C=O) groups is 1. The summed E-state index contributed by atoms with van der Waals surface area (Å²) in [5, 5.41) is 0.655. The van der Waals surface area contributed by atoms with Gasteiger partial charge in [0.15, 0.2) is 0 Å². The number of piperidine rings is 1. The van der Waals surface area contributed by atoms with Crippen molar-refractivity contribution >= 4 is 23.4 Å². The maximum atomic E-state index is 12.6. The Labute approximate surface area is 171 Å². The van der Waals surface area contributed by atoms with Gasteiger partial charge in [0, 0.05) is 29.2 Å². The fourth-order valence-electron chi connectivity index (χ4n) is 3.87. The first-order valence-corrected chi connectivity index (χ1v) is 10.3. The molecule has 2 aliphatic heterocycles. The normalized spacial score (nSPS) is 20.0. The molecule has 0 spiro atoms. The molecular weight excluding hydrogens is 372 g/mol. The molecule has 0 unspecified atom stereocenters. The first-order chi connectivity index (χ1) is 13.6. The van der Waals surface area contributed by atoms with Crippen molar-refractivity contribution in [3.05, 3.63) is 70.2 Å². The summed E-state index contributed by atoms with van der Waals surface area (Å²) in [6.07, 6.45) is 3.30. The number of rotatable bonds is 4. The van der Waals surface area contributed by atoms with E-state index in [0.717, 1.165) is 50.4 Å². The van der Waals surface area contributed by atoms with Crippen LogP contribution in [0.4, 0.5) is 0 Å². The standard InChI is InChI=1S/C23H25ClN2O2/c1-16-15-25-22(28-16)19-4-2-17(3-5-19)14-18-10-12-26(13-11-18)23(27)20-6-8-21(24)9-7-20/h2-9,16,18H,10-15H2,1H3/t16-/m1/s1. The van der Waals surface area contributed by atoms with Crippen molar-refractivity contribution in [1.82, 2.24) is 4.90 Å². The SMILES string of the molecule is C[C@@H]1CN=C(c2ccc(CC3CCN(C(=O)c4ccc(Cl)cc4)CC3)cc2)O1. The second-order valence-electron chi connectivity index (χ2n) is 7.72. The van der Waals surface area contributed by atoms with Crippen LogP contribution in [0, 0.1) is 5.92 Å². The van der Waals surface area contributed by atoms with E-state index in [9.17, 15) is 4.79 Å². The maximum Gasteiger partial charge on any atom is 0.253 e. The predicted octanol–water partition coefficient (Wildman–Crippen LogP) is 4.60. The molecule has 146 valence electrons. The van der Waals surface area contributed by atoms with Crippen LogP contribution in [0.25, 0.3) is 0 Å². The second kappa shape index (κ2) is 8.36. The van der Waals surface area contributed by atoms with Crippen LogP contribution in [-0.4, -0.2) is 42.4 Å². The zero-order chi connectivity index (χ0) is 19.5. The average Bonchev–Trinajstić information content (AvgIpc) is 3.15. The van der Waals surface area contributed by atoms with E-state index in [1.54, 1.807) is 24.3 Å². The van der Waals surface area contributed by atoms with Crippen molar-refractivity contribution in [3.63, 3.8) is 0 Å². The van der Waals surface area contributed by atoms with Crippen molar-refractivity contribution in [2.24, 2.45) is 10.9 Å².